The second-order valence-electron chi connectivity index (χ2n) is 9.52. The van der Waals surface area contributed by atoms with Crippen molar-refractivity contribution in [2.45, 2.75) is 76.2 Å². The quantitative estimate of drug-likeness (QED) is 0.601. The zero-order valence-corrected chi connectivity index (χ0v) is 18.9. The minimum atomic E-state index is -0.946. The third kappa shape index (κ3) is 4.28. The molecule has 0 radical (unpaired) electrons. The number of rotatable bonds is 7. The van der Waals surface area contributed by atoms with Crippen molar-refractivity contribution in [2.75, 3.05) is 13.2 Å². The van der Waals surface area contributed by atoms with Gasteiger partial charge in [0.05, 0.1) is 18.6 Å². The Morgan fingerprint density at radius 3 is 2.62 bits per heavy atom. The van der Waals surface area contributed by atoms with Crippen LogP contribution in [0.5, 0.6) is 5.75 Å². The lowest BCUT2D eigenvalue weighted by Crippen LogP contribution is -2.58. The second-order valence-corrected chi connectivity index (χ2v) is 9.52. The number of nitrogens with one attached hydrogen (secondary N) is 1. The molecule has 2 amide bonds. The summed E-state index contributed by atoms with van der Waals surface area (Å²) in [4.78, 5) is 28.3. The van der Waals surface area contributed by atoms with Gasteiger partial charge in [0.2, 0.25) is 11.8 Å². The molecule has 1 aromatic carbocycles. The van der Waals surface area contributed by atoms with Crippen molar-refractivity contribution < 1.29 is 24.5 Å². The molecule has 1 fully saturated rings. The first-order chi connectivity index (χ1) is 15.4. The number of benzene rings is 1. The smallest absolute Gasteiger partial charge is 0.247 e. The largest absolute Gasteiger partial charge is 0.486 e. The van der Waals surface area contributed by atoms with Gasteiger partial charge in [0.25, 0.3) is 0 Å². The van der Waals surface area contributed by atoms with Gasteiger partial charge in [-0.05, 0) is 30.9 Å². The Hall–Kier alpha value is -2.38. The summed E-state index contributed by atoms with van der Waals surface area (Å²) in [5.41, 5.74) is 1.35. The molecule has 1 heterocycles. The molecule has 4 atom stereocenters. The molecule has 3 N–H and O–H groups in total. The number of amides is 2. The predicted molar refractivity (Wildman–Crippen MR) is 120 cm³/mol. The van der Waals surface area contributed by atoms with Crippen LogP contribution in [0.4, 0.5) is 0 Å². The van der Waals surface area contributed by atoms with E-state index in [0.29, 0.717) is 17.7 Å². The number of aliphatic hydroxyl groups excluding tert-OH is 2. The highest BCUT2D eigenvalue weighted by molar-refractivity contribution is 5.96. The van der Waals surface area contributed by atoms with Gasteiger partial charge in [-0.1, -0.05) is 44.9 Å². The van der Waals surface area contributed by atoms with E-state index < -0.39 is 24.2 Å². The van der Waals surface area contributed by atoms with Crippen LogP contribution in [-0.4, -0.2) is 64.4 Å². The lowest BCUT2D eigenvalue weighted by Gasteiger charge is -2.43. The highest BCUT2D eigenvalue weighted by Gasteiger charge is 2.51. The maximum Gasteiger partial charge on any atom is 0.247 e. The highest BCUT2D eigenvalue weighted by atomic mass is 16.5. The Balaban J connectivity index is 1.75. The van der Waals surface area contributed by atoms with Crippen LogP contribution < -0.4 is 10.1 Å². The van der Waals surface area contributed by atoms with Gasteiger partial charge in [-0.2, -0.15) is 0 Å². The van der Waals surface area contributed by atoms with Gasteiger partial charge in [-0.25, -0.2) is 0 Å². The minimum absolute atomic E-state index is 0.0104. The summed E-state index contributed by atoms with van der Waals surface area (Å²) in [5.74, 6) is 0.152. The molecule has 1 aliphatic heterocycles. The average Bonchev–Trinajstić information content (AvgIpc) is 3.42. The summed E-state index contributed by atoms with van der Waals surface area (Å²) in [6.07, 6.45) is 4.51. The van der Waals surface area contributed by atoms with Crippen molar-refractivity contribution in [1.29, 1.82) is 0 Å². The molecule has 174 valence electrons. The van der Waals surface area contributed by atoms with Gasteiger partial charge in [-0.15, -0.1) is 0 Å². The number of carbonyl (C=O) groups excluding carboxylic acids is 2. The Kier molecular flexibility index (Phi) is 6.86. The summed E-state index contributed by atoms with van der Waals surface area (Å²) in [6, 6.07) is 6.94. The molecule has 1 saturated carbocycles. The van der Waals surface area contributed by atoms with E-state index in [0.717, 1.165) is 31.2 Å². The van der Waals surface area contributed by atoms with Crippen molar-refractivity contribution in [2.24, 2.45) is 5.92 Å². The molecule has 0 unspecified atom stereocenters. The molecule has 7 nitrogen and oxygen atoms in total. The maximum absolute atomic E-state index is 13.4. The number of hydrogen-bond donors (Lipinski definition) is 3. The monoisotopic (exact) mass is 442 g/mol. The maximum atomic E-state index is 13.4. The van der Waals surface area contributed by atoms with Crippen molar-refractivity contribution in [3.63, 3.8) is 0 Å². The summed E-state index contributed by atoms with van der Waals surface area (Å²) >= 11 is 0. The lowest BCUT2D eigenvalue weighted by atomic mass is 9.77. The van der Waals surface area contributed by atoms with E-state index in [9.17, 15) is 19.8 Å². The third-order valence-corrected chi connectivity index (χ3v) is 6.79. The molecule has 0 aromatic heterocycles. The number of fused-ring (bicyclic) bond motifs is 3. The van der Waals surface area contributed by atoms with Crippen LogP contribution in [0, 0.1) is 5.92 Å². The molecule has 1 aromatic rings. The number of hydrogen-bond acceptors (Lipinski definition) is 5. The molecule has 3 aliphatic rings. The zero-order chi connectivity index (χ0) is 22.8. The molecule has 4 rings (SSSR count). The topological polar surface area (TPSA) is 99.1 Å². The standard InChI is InChI=1S/C25H34N2O5/c1-15(2)13-21(29)27(16-7-3-4-8-16)19-14-18(25(31)26-11-12-28)22-17-9-5-6-10-20(17)32-24(22)23(19)30/h5-6,9-10,14-16,19,22-24,28,30H,3-4,7-8,11-13H2,1-2H3,(H,26,31)/t19-,22+,23+,24+/m1/s1. The van der Waals surface area contributed by atoms with Gasteiger partial charge in [0.15, 0.2) is 0 Å². The second kappa shape index (κ2) is 9.63. The van der Waals surface area contributed by atoms with Gasteiger partial charge < -0.3 is 25.2 Å². The first-order valence-corrected chi connectivity index (χ1v) is 11.8. The van der Waals surface area contributed by atoms with E-state index in [-0.39, 0.29) is 36.9 Å². The Morgan fingerprint density at radius 2 is 1.94 bits per heavy atom. The van der Waals surface area contributed by atoms with E-state index in [1.54, 1.807) is 6.08 Å². The normalized spacial score (nSPS) is 26.8. The Morgan fingerprint density at radius 1 is 1.22 bits per heavy atom. The lowest BCUT2D eigenvalue weighted by molar-refractivity contribution is -0.141. The van der Waals surface area contributed by atoms with Gasteiger partial charge in [0.1, 0.15) is 18.0 Å². The molecule has 2 aliphatic carbocycles. The van der Waals surface area contributed by atoms with Crippen molar-refractivity contribution >= 4 is 11.8 Å². The fourth-order valence-electron chi connectivity index (χ4n) is 5.41. The molecule has 32 heavy (non-hydrogen) atoms. The van der Waals surface area contributed by atoms with Crippen LogP contribution in [-0.2, 0) is 9.59 Å². The summed E-state index contributed by atoms with van der Waals surface area (Å²) in [7, 11) is 0. The minimum Gasteiger partial charge on any atom is -0.486 e. The summed E-state index contributed by atoms with van der Waals surface area (Å²) in [6.45, 7) is 4.01. The van der Waals surface area contributed by atoms with Crippen LogP contribution >= 0.6 is 0 Å². The van der Waals surface area contributed by atoms with E-state index in [1.165, 1.54) is 0 Å². The molecule has 0 saturated heterocycles. The summed E-state index contributed by atoms with van der Waals surface area (Å²) < 4.78 is 6.15. The third-order valence-electron chi connectivity index (χ3n) is 6.79. The van der Waals surface area contributed by atoms with Crippen molar-refractivity contribution in [3.05, 3.63) is 41.5 Å². The van der Waals surface area contributed by atoms with Gasteiger partial charge in [-0.3, -0.25) is 9.59 Å². The van der Waals surface area contributed by atoms with Gasteiger partial charge in [0, 0.05) is 30.1 Å². The molecular weight excluding hydrogens is 408 g/mol. The van der Waals surface area contributed by atoms with Crippen LogP contribution in [0.25, 0.3) is 0 Å². The summed E-state index contributed by atoms with van der Waals surface area (Å²) in [5, 5.41) is 23.4. The first-order valence-electron chi connectivity index (χ1n) is 11.8. The van der Waals surface area contributed by atoms with E-state index >= 15 is 0 Å². The van der Waals surface area contributed by atoms with Crippen LogP contribution in [0.1, 0.15) is 57.4 Å². The van der Waals surface area contributed by atoms with Gasteiger partial charge >= 0.3 is 0 Å². The van der Waals surface area contributed by atoms with Crippen molar-refractivity contribution in [1.82, 2.24) is 10.2 Å². The molecule has 0 spiro atoms. The number of nitrogens with zero attached hydrogens (tertiary/aromatic N) is 1. The Bertz CT molecular complexity index is 877. The fraction of sp³-hybridized carbons (Fsp3) is 0.600. The zero-order valence-electron chi connectivity index (χ0n) is 18.9. The molecular formula is C25H34N2O5. The van der Waals surface area contributed by atoms with Crippen LogP contribution in [0.15, 0.2) is 35.9 Å². The number of carbonyl (C=O) groups is 2. The highest BCUT2D eigenvalue weighted by Crippen LogP contribution is 2.47. The van der Waals surface area contributed by atoms with Crippen LogP contribution in [0.2, 0.25) is 0 Å². The number of para-hydroxylation sites is 1. The van der Waals surface area contributed by atoms with Crippen molar-refractivity contribution in [3.8, 4) is 5.75 Å². The SMILES string of the molecule is CC(C)CC(=O)N(C1CCCC1)[C@@H]1C=C(C(=O)NCCO)[C@@H]2c3ccccc3O[C@@H]2[C@H]1O. The van der Waals surface area contributed by atoms with E-state index in [1.807, 2.05) is 43.0 Å². The van der Waals surface area contributed by atoms with E-state index in [2.05, 4.69) is 5.32 Å². The number of ether oxygens (including phenoxy) is 1. The van der Waals surface area contributed by atoms with Crippen LogP contribution in [0.3, 0.4) is 0 Å². The molecule has 0 bridgehead atoms. The Labute approximate surface area is 189 Å². The number of aliphatic hydroxyl groups is 2. The first kappa shape index (κ1) is 22.8. The predicted octanol–water partition coefficient (Wildman–Crippen LogP) is 2.13. The average molecular weight is 443 g/mol. The van der Waals surface area contributed by atoms with E-state index in [4.69, 9.17) is 4.74 Å². The fourth-order valence-corrected chi connectivity index (χ4v) is 5.41. The molecule has 7 heteroatoms.